The molecule has 1 heterocycles. The molecule has 21 heavy (non-hydrogen) atoms. The molecular weight excluding hydrogens is 265 g/mol. The lowest BCUT2D eigenvalue weighted by molar-refractivity contribution is 0.199. The molecule has 1 aliphatic rings. The van der Waals surface area contributed by atoms with Crippen molar-refractivity contribution in [1.82, 2.24) is 0 Å². The second kappa shape index (κ2) is 5.86. The van der Waals surface area contributed by atoms with Gasteiger partial charge in [0.1, 0.15) is 5.82 Å². The molecule has 3 rings (SSSR count). The summed E-state index contributed by atoms with van der Waals surface area (Å²) in [5.74, 6) is -0.257. The van der Waals surface area contributed by atoms with Crippen LogP contribution in [0.4, 0.5) is 10.1 Å². The smallest absolute Gasteiger partial charge is 0.146 e. The Morgan fingerprint density at radius 3 is 2.62 bits per heavy atom. The zero-order valence-corrected chi connectivity index (χ0v) is 12.2. The lowest BCUT2D eigenvalue weighted by Crippen LogP contribution is -2.23. The number of hydrogen-bond donors (Lipinski definition) is 1. The summed E-state index contributed by atoms with van der Waals surface area (Å²) in [4.78, 5) is 2.09. The van der Waals surface area contributed by atoms with Crippen molar-refractivity contribution in [2.24, 2.45) is 0 Å². The van der Waals surface area contributed by atoms with Crippen molar-refractivity contribution < 1.29 is 9.50 Å². The van der Waals surface area contributed by atoms with E-state index >= 15 is 0 Å². The Balaban J connectivity index is 1.91. The van der Waals surface area contributed by atoms with Gasteiger partial charge >= 0.3 is 0 Å². The first-order chi connectivity index (χ1) is 10.1. The highest BCUT2D eigenvalue weighted by atomic mass is 19.1. The molecule has 1 atom stereocenters. The van der Waals surface area contributed by atoms with E-state index in [9.17, 15) is 9.50 Å². The van der Waals surface area contributed by atoms with Crippen LogP contribution in [-0.2, 0) is 13.0 Å². The van der Waals surface area contributed by atoms with Crippen molar-refractivity contribution >= 4 is 5.69 Å². The van der Waals surface area contributed by atoms with Crippen molar-refractivity contribution in [2.45, 2.75) is 32.4 Å². The fraction of sp³-hybridized carbons (Fsp3) is 0.333. The molecule has 2 aromatic carbocycles. The van der Waals surface area contributed by atoms with Gasteiger partial charge in [-0.2, -0.15) is 0 Å². The van der Waals surface area contributed by atoms with Gasteiger partial charge in [-0.25, -0.2) is 4.39 Å². The molecule has 0 aromatic heterocycles. The van der Waals surface area contributed by atoms with Gasteiger partial charge in [0.05, 0.1) is 11.8 Å². The number of nitrogens with zero attached hydrogens (tertiary/aromatic N) is 1. The van der Waals surface area contributed by atoms with Crippen LogP contribution in [0.2, 0.25) is 0 Å². The Morgan fingerprint density at radius 2 is 1.90 bits per heavy atom. The number of fused-ring (bicyclic) bond motifs is 1. The van der Waals surface area contributed by atoms with Crippen LogP contribution in [0, 0.1) is 5.82 Å². The number of anilines is 1. The van der Waals surface area contributed by atoms with E-state index in [-0.39, 0.29) is 5.82 Å². The summed E-state index contributed by atoms with van der Waals surface area (Å²) in [6, 6.07) is 13.4. The van der Waals surface area contributed by atoms with Gasteiger partial charge in [0, 0.05) is 13.1 Å². The van der Waals surface area contributed by atoms with Crippen LogP contribution in [0.1, 0.15) is 36.1 Å². The largest absolute Gasteiger partial charge is 0.389 e. The number of aliphatic hydroxyl groups excluding tert-OH is 1. The Morgan fingerprint density at radius 1 is 1.14 bits per heavy atom. The number of halogens is 1. The molecule has 3 heteroatoms. The average molecular weight is 285 g/mol. The van der Waals surface area contributed by atoms with E-state index < -0.39 is 6.10 Å². The number of aryl methyl sites for hydroxylation is 1. The fourth-order valence-electron chi connectivity index (χ4n) is 2.95. The maximum atomic E-state index is 14.4. The molecule has 0 spiro atoms. The highest BCUT2D eigenvalue weighted by Crippen LogP contribution is 2.28. The topological polar surface area (TPSA) is 23.5 Å². The third-order valence-electron chi connectivity index (χ3n) is 4.15. The first-order valence-electron chi connectivity index (χ1n) is 7.44. The Bertz CT molecular complexity index is 639. The van der Waals surface area contributed by atoms with Crippen molar-refractivity contribution in [3.8, 4) is 0 Å². The van der Waals surface area contributed by atoms with Crippen molar-refractivity contribution in [3.63, 3.8) is 0 Å². The Kier molecular flexibility index (Phi) is 3.93. The van der Waals surface area contributed by atoms with Gasteiger partial charge < -0.3 is 10.0 Å². The lowest BCUT2D eigenvalue weighted by atomic mass is 10.0. The monoisotopic (exact) mass is 285 g/mol. The van der Waals surface area contributed by atoms with Crippen molar-refractivity contribution in [1.29, 1.82) is 0 Å². The second-order valence-corrected chi connectivity index (χ2v) is 5.68. The summed E-state index contributed by atoms with van der Waals surface area (Å²) in [6.07, 6.45) is 1.42. The SMILES string of the molecule is C[C@@H](O)c1ccc(N2CCCc3ccccc3C2)c(F)c1. The van der Waals surface area contributed by atoms with Crippen LogP contribution in [-0.4, -0.2) is 11.7 Å². The van der Waals surface area contributed by atoms with Crippen LogP contribution in [0.15, 0.2) is 42.5 Å². The molecule has 0 aliphatic carbocycles. The Hall–Kier alpha value is -1.87. The van der Waals surface area contributed by atoms with Crippen molar-refractivity contribution in [3.05, 3.63) is 65.0 Å². The molecule has 0 amide bonds. The molecular formula is C18H20FNO. The van der Waals surface area contributed by atoms with E-state index in [0.717, 1.165) is 25.9 Å². The van der Waals surface area contributed by atoms with E-state index in [1.165, 1.54) is 17.2 Å². The number of aliphatic hydroxyl groups is 1. The van der Waals surface area contributed by atoms with Gasteiger partial charge in [-0.05, 0) is 48.6 Å². The molecule has 1 aliphatic heterocycles. The van der Waals surface area contributed by atoms with Gasteiger partial charge in [0.2, 0.25) is 0 Å². The first kappa shape index (κ1) is 14.1. The molecule has 0 saturated carbocycles. The van der Waals surface area contributed by atoms with Crippen LogP contribution in [0.5, 0.6) is 0 Å². The summed E-state index contributed by atoms with van der Waals surface area (Å²) in [6.45, 7) is 3.23. The minimum atomic E-state index is -0.640. The summed E-state index contributed by atoms with van der Waals surface area (Å²) < 4.78 is 14.4. The van der Waals surface area contributed by atoms with Gasteiger partial charge in [0.25, 0.3) is 0 Å². The summed E-state index contributed by atoms with van der Waals surface area (Å²) in [5.41, 5.74) is 3.87. The number of hydrogen-bond acceptors (Lipinski definition) is 2. The molecule has 0 fully saturated rings. The first-order valence-corrected chi connectivity index (χ1v) is 7.44. The zero-order chi connectivity index (χ0) is 14.8. The van der Waals surface area contributed by atoms with Crippen molar-refractivity contribution in [2.75, 3.05) is 11.4 Å². The predicted octanol–water partition coefficient (Wildman–Crippen LogP) is 3.83. The zero-order valence-electron chi connectivity index (χ0n) is 12.2. The minimum absolute atomic E-state index is 0.257. The normalized spacial score (nSPS) is 16.2. The minimum Gasteiger partial charge on any atom is -0.389 e. The standard InChI is InChI=1S/C18H20FNO/c1-13(21)15-8-9-18(17(19)11-15)20-10-4-7-14-5-2-3-6-16(14)12-20/h2-3,5-6,8-9,11,13,21H,4,7,10,12H2,1H3/t13-/m1/s1. The molecule has 2 aromatic rings. The predicted molar refractivity (Wildman–Crippen MR) is 82.8 cm³/mol. The Labute approximate surface area is 124 Å². The van der Waals surface area contributed by atoms with Gasteiger partial charge in [-0.3, -0.25) is 0 Å². The maximum absolute atomic E-state index is 14.4. The van der Waals surface area contributed by atoms with E-state index in [4.69, 9.17) is 0 Å². The van der Waals surface area contributed by atoms with Gasteiger partial charge in [-0.15, -0.1) is 0 Å². The average Bonchev–Trinajstić information content (AvgIpc) is 2.69. The van der Waals surface area contributed by atoms with Crippen LogP contribution < -0.4 is 4.90 Å². The molecule has 110 valence electrons. The third kappa shape index (κ3) is 2.93. The van der Waals surface area contributed by atoms with Crippen LogP contribution in [0.25, 0.3) is 0 Å². The summed E-state index contributed by atoms with van der Waals surface area (Å²) in [7, 11) is 0. The van der Waals surface area contributed by atoms with E-state index in [1.54, 1.807) is 19.1 Å². The third-order valence-corrected chi connectivity index (χ3v) is 4.15. The molecule has 0 saturated heterocycles. The van der Waals surface area contributed by atoms with Crippen LogP contribution in [0.3, 0.4) is 0 Å². The van der Waals surface area contributed by atoms with Gasteiger partial charge in [0.15, 0.2) is 0 Å². The fourth-order valence-corrected chi connectivity index (χ4v) is 2.95. The van der Waals surface area contributed by atoms with E-state index in [0.29, 0.717) is 11.3 Å². The molecule has 2 nitrogen and oxygen atoms in total. The van der Waals surface area contributed by atoms with E-state index in [1.807, 2.05) is 6.07 Å². The number of benzene rings is 2. The number of rotatable bonds is 2. The quantitative estimate of drug-likeness (QED) is 0.906. The molecule has 0 unspecified atom stereocenters. The highest BCUT2D eigenvalue weighted by Gasteiger charge is 2.17. The summed E-state index contributed by atoms with van der Waals surface area (Å²) in [5, 5.41) is 9.54. The highest BCUT2D eigenvalue weighted by molar-refractivity contribution is 5.51. The van der Waals surface area contributed by atoms with Crippen LogP contribution >= 0.6 is 0 Å². The van der Waals surface area contributed by atoms with Gasteiger partial charge in [-0.1, -0.05) is 30.3 Å². The molecule has 0 bridgehead atoms. The lowest BCUT2D eigenvalue weighted by Gasteiger charge is -2.24. The molecule has 0 radical (unpaired) electrons. The summed E-state index contributed by atoms with van der Waals surface area (Å²) >= 11 is 0. The maximum Gasteiger partial charge on any atom is 0.146 e. The second-order valence-electron chi connectivity index (χ2n) is 5.68. The molecule has 1 N–H and O–H groups in total. The van der Waals surface area contributed by atoms with E-state index in [2.05, 4.69) is 23.1 Å².